The van der Waals surface area contributed by atoms with Gasteiger partial charge >= 0.3 is 6.03 Å². The molecule has 0 aliphatic heterocycles. The van der Waals surface area contributed by atoms with Crippen molar-refractivity contribution in [3.05, 3.63) is 23.2 Å². The van der Waals surface area contributed by atoms with E-state index in [2.05, 4.69) is 5.32 Å². The van der Waals surface area contributed by atoms with E-state index in [1.54, 1.807) is 32.2 Å². The highest BCUT2D eigenvalue weighted by atomic mass is 35.5. The Hall–Kier alpha value is -1.46. The van der Waals surface area contributed by atoms with Gasteiger partial charge in [0.15, 0.2) is 0 Å². The number of hydrogen-bond acceptors (Lipinski definition) is 3. The maximum atomic E-state index is 12.1. The van der Waals surface area contributed by atoms with Crippen LogP contribution in [-0.4, -0.2) is 42.3 Å². The van der Waals surface area contributed by atoms with Gasteiger partial charge < -0.3 is 20.1 Å². The van der Waals surface area contributed by atoms with Gasteiger partial charge in [0.2, 0.25) is 0 Å². The van der Waals surface area contributed by atoms with Crippen molar-refractivity contribution in [1.29, 1.82) is 0 Å². The van der Waals surface area contributed by atoms with Crippen LogP contribution in [0.4, 0.5) is 10.5 Å². The summed E-state index contributed by atoms with van der Waals surface area (Å²) < 4.78 is 5.59. The van der Waals surface area contributed by atoms with Crippen molar-refractivity contribution in [1.82, 2.24) is 4.90 Å². The molecule has 0 aromatic heterocycles. The summed E-state index contributed by atoms with van der Waals surface area (Å²) in [4.78, 5) is 13.6. The number of nitrogens with zero attached hydrogens (tertiary/aromatic N) is 1. The SMILES string of the molecule is CCCOc1ccc(Cl)cc1NC(=O)N(C)CCC(C)O. The Kier molecular flexibility index (Phi) is 7.32. The van der Waals surface area contributed by atoms with E-state index in [0.717, 1.165) is 6.42 Å². The molecule has 0 saturated carbocycles. The second-order valence-electron chi connectivity index (χ2n) is 4.98. The molecule has 21 heavy (non-hydrogen) atoms. The summed E-state index contributed by atoms with van der Waals surface area (Å²) in [5.41, 5.74) is 0.546. The predicted octanol–water partition coefficient (Wildman–Crippen LogP) is 3.36. The maximum absolute atomic E-state index is 12.1. The molecule has 1 aromatic carbocycles. The lowest BCUT2D eigenvalue weighted by Gasteiger charge is -2.20. The molecule has 0 aliphatic carbocycles. The predicted molar refractivity (Wildman–Crippen MR) is 85.2 cm³/mol. The molecule has 0 spiro atoms. The number of benzene rings is 1. The number of carbonyl (C=O) groups is 1. The molecule has 1 unspecified atom stereocenters. The van der Waals surface area contributed by atoms with Crippen LogP contribution in [0, 0.1) is 0 Å². The fourth-order valence-corrected chi connectivity index (χ4v) is 1.80. The first-order chi connectivity index (χ1) is 9.93. The van der Waals surface area contributed by atoms with Crippen LogP contribution >= 0.6 is 11.6 Å². The summed E-state index contributed by atoms with van der Waals surface area (Å²) >= 11 is 5.96. The van der Waals surface area contributed by atoms with E-state index < -0.39 is 6.10 Å². The Morgan fingerprint density at radius 1 is 1.52 bits per heavy atom. The van der Waals surface area contributed by atoms with E-state index >= 15 is 0 Å². The zero-order valence-corrected chi connectivity index (χ0v) is 13.5. The topological polar surface area (TPSA) is 61.8 Å². The first-order valence-electron chi connectivity index (χ1n) is 7.06. The van der Waals surface area contributed by atoms with Gasteiger partial charge in [0, 0.05) is 18.6 Å². The number of urea groups is 1. The molecular formula is C15H23ClN2O3. The maximum Gasteiger partial charge on any atom is 0.321 e. The largest absolute Gasteiger partial charge is 0.491 e. The number of anilines is 1. The summed E-state index contributed by atoms with van der Waals surface area (Å²) in [5.74, 6) is 0.596. The average molecular weight is 315 g/mol. The molecule has 0 fully saturated rings. The summed E-state index contributed by atoms with van der Waals surface area (Å²) in [7, 11) is 1.68. The average Bonchev–Trinajstić information content (AvgIpc) is 2.43. The summed E-state index contributed by atoms with van der Waals surface area (Å²) in [6.07, 6.45) is 0.970. The van der Waals surface area contributed by atoms with Gasteiger partial charge in [0.1, 0.15) is 5.75 Å². The minimum Gasteiger partial charge on any atom is -0.491 e. The molecule has 118 valence electrons. The molecule has 0 aliphatic rings. The van der Waals surface area contributed by atoms with Crippen LogP contribution in [0.3, 0.4) is 0 Å². The lowest BCUT2D eigenvalue weighted by atomic mass is 10.2. The van der Waals surface area contributed by atoms with Crippen LogP contribution in [-0.2, 0) is 0 Å². The standard InChI is InChI=1S/C15H23ClN2O3/c1-4-9-21-14-6-5-12(16)10-13(14)17-15(20)18(3)8-7-11(2)19/h5-6,10-11,19H,4,7-9H2,1-3H3,(H,17,20). The van der Waals surface area contributed by atoms with E-state index in [0.29, 0.717) is 36.0 Å². The third-order valence-electron chi connectivity index (χ3n) is 2.87. The molecule has 2 amide bonds. The van der Waals surface area contributed by atoms with Crippen molar-refractivity contribution in [3.63, 3.8) is 0 Å². The molecule has 0 saturated heterocycles. The van der Waals surface area contributed by atoms with E-state index in [4.69, 9.17) is 16.3 Å². The molecular weight excluding hydrogens is 292 g/mol. The quantitative estimate of drug-likeness (QED) is 0.811. The number of aliphatic hydroxyl groups is 1. The number of carbonyl (C=O) groups excluding carboxylic acids is 1. The normalized spacial score (nSPS) is 11.9. The lowest BCUT2D eigenvalue weighted by Crippen LogP contribution is -2.33. The van der Waals surface area contributed by atoms with Gasteiger partial charge in [-0.15, -0.1) is 0 Å². The van der Waals surface area contributed by atoms with E-state index in [1.165, 1.54) is 4.90 Å². The second-order valence-corrected chi connectivity index (χ2v) is 5.41. The van der Waals surface area contributed by atoms with E-state index in [9.17, 15) is 9.90 Å². The van der Waals surface area contributed by atoms with Gasteiger partial charge in [-0.2, -0.15) is 0 Å². The fraction of sp³-hybridized carbons (Fsp3) is 0.533. The zero-order chi connectivity index (χ0) is 15.8. The molecule has 1 aromatic rings. The number of ether oxygens (including phenoxy) is 1. The first kappa shape index (κ1) is 17.6. The lowest BCUT2D eigenvalue weighted by molar-refractivity contribution is 0.167. The number of halogens is 1. The Morgan fingerprint density at radius 3 is 2.86 bits per heavy atom. The molecule has 5 nitrogen and oxygen atoms in total. The van der Waals surface area contributed by atoms with E-state index in [-0.39, 0.29) is 6.03 Å². The van der Waals surface area contributed by atoms with Crippen LogP contribution in [0.5, 0.6) is 5.75 Å². The minimum atomic E-state index is -0.435. The number of hydrogen-bond donors (Lipinski definition) is 2. The van der Waals surface area contributed by atoms with Crippen LogP contribution in [0.2, 0.25) is 5.02 Å². The third kappa shape index (κ3) is 6.23. The number of amides is 2. The first-order valence-corrected chi connectivity index (χ1v) is 7.44. The Labute approximate surface area is 130 Å². The third-order valence-corrected chi connectivity index (χ3v) is 3.11. The van der Waals surface area contributed by atoms with Crippen LogP contribution in [0.1, 0.15) is 26.7 Å². The summed E-state index contributed by atoms with van der Waals surface area (Å²) in [5, 5.41) is 12.6. The van der Waals surface area contributed by atoms with Crippen molar-refractivity contribution < 1.29 is 14.6 Å². The fourth-order valence-electron chi connectivity index (χ4n) is 1.63. The second kappa shape index (κ2) is 8.74. The summed E-state index contributed by atoms with van der Waals surface area (Å²) in [6.45, 7) is 4.75. The molecule has 0 radical (unpaired) electrons. The number of aliphatic hydroxyl groups excluding tert-OH is 1. The molecule has 1 atom stereocenters. The summed E-state index contributed by atoms with van der Waals surface area (Å²) in [6, 6.07) is 4.86. The van der Waals surface area contributed by atoms with Gasteiger partial charge in [-0.1, -0.05) is 18.5 Å². The Bertz CT molecular complexity index is 466. The number of rotatable bonds is 7. The van der Waals surface area contributed by atoms with Crippen LogP contribution < -0.4 is 10.1 Å². The Morgan fingerprint density at radius 2 is 2.24 bits per heavy atom. The van der Waals surface area contributed by atoms with Crippen molar-refractivity contribution in [2.75, 3.05) is 25.5 Å². The molecule has 1 rings (SSSR count). The smallest absolute Gasteiger partial charge is 0.321 e. The van der Waals surface area contributed by atoms with Crippen molar-refractivity contribution in [3.8, 4) is 5.75 Å². The molecule has 6 heteroatoms. The van der Waals surface area contributed by atoms with E-state index in [1.807, 2.05) is 6.92 Å². The molecule has 0 heterocycles. The van der Waals surface area contributed by atoms with Gasteiger partial charge in [-0.3, -0.25) is 0 Å². The number of nitrogens with one attached hydrogen (secondary N) is 1. The highest BCUT2D eigenvalue weighted by molar-refractivity contribution is 6.31. The highest BCUT2D eigenvalue weighted by Crippen LogP contribution is 2.28. The minimum absolute atomic E-state index is 0.265. The monoisotopic (exact) mass is 314 g/mol. The van der Waals surface area contributed by atoms with Crippen molar-refractivity contribution >= 4 is 23.3 Å². The Balaban J connectivity index is 2.71. The molecule has 0 bridgehead atoms. The van der Waals surface area contributed by atoms with Gasteiger partial charge in [-0.05, 0) is 38.0 Å². The highest BCUT2D eigenvalue weighted by Gasteiger charge is 2.13. The van der Waals surface area contributed by atoms with Gasteiger partial charge in [-0.25, -0.2) is 4.79 Å². The van der Waals surface area contributed by atoms with Crippen LogP contribution in [0.15, 0.2) is 18.2 Å². The molecule has 2 N–H and O–H groups in total. The van der Waals surface area contributed by atoms with Crippen molar-refractivity contribution in [2.24, 2.45) is 0 Å². The van der Waals surface area contributed by atoms with Crippen LogP contribution in [0.25, 0.3) is 0 Å². The zero-order valence-electron chi connectivity index (χ0n) is 12.7. The van der Waals surface area contributed by atoms with Crippen molar-refractivity contribution in [2.45, 2.75) is 32.8 Å². The van der Waals surface area contributed by atoms with Gasteiger partial charge in [0.05, 0.1) is 18.4 Å². The van der Waals surface area contributed by atoms with Gasteiger partial charge in [0.25, 0.3) is 0 Å².